The molecule has 2 rings (SSSR count). The van der Waals surface area contributed by atoms with Crippen molar-refractivity contribution in [3.05, 3.63) is 69.4 Å². The Morgan fingerprint density at radius 3 is 2.62 bits per heavy atom. The van der Waals surface area contributed by atoms with Gasteiger partial charge >= 0.3 is 0 Å². The normalized spacial score (nSPS) is 11.1. The van der Waals surface area contributed by atoms with Crippen LogP contribution < -0.4 is 5.32 Å². The summed E-state index contributed by atoms with van der Waals surface area (Å²) in [7, 11) is 3.90. The highest BCUT2D eigenvalue weighted by molar-refractivity contribution is 9.10. The molecule has 0 spiro atoms. The third-order valence-corrected chi connectivity index (χ3v) is 3.77. The molecule has 2 aromatic rings. The van der Waals surface area contributed by atoms with Gasteiger partial charge in [-0.3, -0.25) is 4.90 Å². The molecule has 0 atom stereocenters. The van der Waals surface area contributed by atoms with Gasteiger partial charge in [0.25, 0.3) is 0 Å². The van der Waals surface area contributed by atoms with Crippen molar-refractivity contribution in [2.45, 2.75) is 19.6 Å². The first-order valence-electron chi connectivity index (χ1n) is 6.93. The summed E-state index contributed by atoms with van der Waals surface area (Å²) in [6.45, 7) is 2.13. The minimum atomic E-state index is -0.143. The molecule has 0 saturated carbocycles. The Kier molecular flexibility index (Phi) is 5.91. The molecule has 21 heavy (non-hydrogen) atoms. The van der Waals surface area contributed by atoms with Gasteiger partial charge in [0, 0.05) is 29.7 Å². The van der Waals surface area contributed by atoms with E-state index < -0.39 is 0 Å². The van der Waals surface area contributed by atoms with Gasteiger partial charge in [-0.2, -0.15) is 0 Å². The maximum Gasteiger partial charge on any atom is 0.127 e. The number of benzene rings is 2. The van der Waals surface area contributed by atoms with E-state index in [1.165, 1.54) is 5.56 Å². The number of hydrogen-bond donors (Lipinski definition) is 1. The van der Waals surface area contributed by atoms with E-state index in [0.29, 0.717) is 6.54 Å². The van der Waals surface area contributed by atoms with Crippen LogP contribution in [0.1, 0.15) is 16.7 Å². The van der Waals surface area contributed by atoms with E-state index in [0.717, 1.165) is 28.7 Å². The summed E-state index contributed by atoms with van der Waals surface area (Å²) in [6.07, 6.45) is 0. The molecule has 4 heteroatoms. The highest BCUT2D eigenvalue weighted by Gasteiger charge is 2.08. The second-order valence-corrected chi connectivity index (χ2v) is 6.17. The van der Waals surface area contributed by atoms with Crippen LogP contribution in [0.15, 0.2) is 46.9 Å². The minimum Gasteiger partial charge on any atom is -0.316 e. The van der Waals surface area contributed by atoms with Crippen molar-refractivity contribution in [1.29, 1.82) is 0 Å². The Morgan fingerprint density at radius 1 is 1.10 bits per heavy atom. The minimum absolute atomic E-state index is 0.143. The number of nitrogens with one attached hydrogen (secondary N) is 1. The predicted octanol–water partition coefficient (Wildman–Crippen LogP) is 3.94. The van der Waals surface area contributed by atoms with E-state index in [4.69, 9.17) is 0 Å². The molecular weight excluding hydrogens is 331 g/mol. The van der Waals surface area contributed by atoms with Crippen LogP contribution >= 0.6 is 15.9 Å². The Hall–Kier alpha value is -1.23. The van der Waals surface area contributed by atoms with Gasteiger partial charge in [-0.05, 0) is 43.4 Å². The lowest BCUT2D eigenvalue weighted by Gasteiger charge is -2.18. The molecule has 0 aliphatic carbocycles. The third-order valence-electron chi connectivity index (χ3n) is 3.27. The maximum atomic E-state index is 13.9. The molecule has 0 amide bonds. The summed E-state index contributed by atoms with van der Waals surface area (Å²) >= 11 is 3.47. The lowest BCUT2D eigenvalue weighted by Crippen LogP contribution is -2.18. The SMILES string of the molecule is CNCc1ccc(F)c(CN(C)Cc2cccc(Br)c2)c1. The molecule has 0 fully saturated rings. The van der Waals surface area contributed by atoms with Crippen LogP contribution in [0.3, 0.4) is 0 Å². The summed E-state index contributed by atoms with van der Waals surface area (Å²) in [5.41, 5.74) is 3.05. The molecule has 0 aliphatic heterocycles. The van der Waals surface area contributed by atoms with E-state index >= 15 is 0 Å². The van der Waals surface area contributed by atoms with E-state index in [2.05, 4.69) is 38.3 Å². The molecule has 0 unspecified atom stereocenters. The molecule has 2 nitrogen and oxygen atoms in total. The largest absolute Gasteiger partial charge is 0.316 e. The van der Waals surface area contributed by atoms with Gasteiger partial charge in [0.1, 0.15) is 5.82 Å². The molecule has 0 bridgehead atoms. The average Bonchev–Trinajstić information content (AvgIpc) is 2.43. The molecular formula is C17H20BrFN2. The highest BCUT2D eigenvalue weighted by atomic mass is 79.9. The second kappa shape index (κ2) is 7.69. The van der Waals surface area contributed by atoms with Crippen molar-refractivity contribution in [1.82, 2.24) is 10.2 Å². The molecule has 112 valence electrons. The Bertz CT molecular complexity index is 601. The lowest BCUT2D eigenvalue weighted by molar-refractivity contribution is 0.313. The summed E-state index contributed by atoms with van der Waals surface area (Å²) in [5.74, 6) is -0.143. The number of rotatable bonds is 6. The zero-order valence-electron chi connectivity index (χ0n) is 12.4. The first-order valence-corrected chi connectivity index (χ1v) is 7.72. The van der Waals surface area contributed by atoms with Gasteiger partial charge in [0.05, 0.1) is 0 Å². The summed E-state index contributed by atoms with van der Waals surface area (Å²) in [6, 6.07) is 13.5. The quantitative estimate of drug-likeness (QED) is 0.848. The van der Waals surface area contributed by atoms with Gasteiger partial charge in [-0.15, -0.1) is 0 Å². The number of nitrogens with zero attached hydrogens (tertiary/aromatic N) is 1. The smallest absolute Gasteiger partial charge is 0.127 e. The molecule has 0 aromatic heterocycles. The topological polar surface area (TPSA) is 15.3 Å². The van der Waals surface area contributed by atoms with Gasteiger partial charge in [0.15, 0.2) is 0 Å². The maximum absolute atomic E-state index is 13.9. The van der Waals surface area contributed by atoms with Crippen LogP contribution in [0.25, 0.3) is 0 Å². The van der Waals surface area contributed by atoms with E-state index in [-0.39, 0.29) is 5.82 Å². The molecule has 0 aliphatic rings. The van der Waals surface area contributed by atoms with Crippen LogP contribution in [0.2, 0.25) is 0 Å². The van der Waals surface area contributed by atoms with E-state index in [1.54, 1.807) is 6.07 Å². The van der Waals surface area contributed by atoms with Crippen molar-refractivity contribution in [3.8, 4) is 0 Å². The first-order chi connectivity index (χ1) is 10.1. The Balaban J connectivity index is 2.05. The fourth-order valence-electron chi connectivity index (χ4n) is 2.36. The highest BCUT2D eigenvalue weighted by Crippen LogP contribution is 2.16. The zero-order chi connectivity index (χ0) is 15.2. The number of halogens is 2. The fourth-order valence-corrected chi connectivity index (χ4v) is 2.80. The van der Waals surface area contributed by atoms with Gasteiger partial charge < -0.3 is 5.32 Å². The summed E-state index contributed by atoms with van der Waals surface area (Å²) in [5, 5.41) is 3.09. The molecule has 1 N–H and O–H groups in total. The standard InChI is InChI=1S/C17H20BrFN2/c1-20-10-13-6-7-17(19)15(8-13)12-21(2)11-14-4-3-5-16(18)9-14/h3-9,20H,10-12H2,1-2H3. The van der Waals surface area contributed by atoms with Gasteiger partial charge in [0.2, 0.25) is 0 Å². The fraction of sp³-hybridized carbons (Fsp3) is 0.294. The monoisotopic (exact) mass is 350 g/mol. The molecule has 0 radical (unpaired) electrons. The van der Waals surface area contributed by atoms with Gasteiger partial charge in [-0.25, -0.2) is 4.39 Å². The zero-order valence-corrected chi connectivity index (χ0v) is 14.0. The predicted molar refractivity (Wildman–Crippen MR) is 88.5 cm³/mol. The summed E-state index contributed by atoms with van der Waals surface area (Å²) < 4.78 is 15.0. The van der Waals surface area contributed by atoms with Crippen molar-refractivity contribution in [2.75, 3.05) is 14.1 Å². The van der Waals surface area contributed by atoms with Crippen molar-refractivity contribution in [3.63, 3.8) is 0 Å². The first kappa shape index (κ1) is 16.1. The molecule has 2 aromatic carbocycles. The number of hydrogen-bond acceptors (Lipinski definition) is 2. The molecule has 0 saturated heterocycles. The molecule has 0 heterocycles. The second-order valence-electron chi connectivity index (χ2n) is 5.26. The van der Waals surface area contributed by atoms with Crippen molar-refractivity contribution < 1.29 is 4.39 Å². The Labute approximate surface area is 134 Å². The van der Waals surface area contributed by atoms with Crippen LogP contribution in [0.4, 0.5) is 4.39 Å². The van der Waals surface area contributed by atoms with Gasteiger partial charge in [-0.1, -0.05) is 40.2 Å². The van der Waals surface area contributed by atoms with E-state index in [9.17, 15) is 4.39 Å². The van der Waals surface area contributed by atoms with Crippen LogP contribution in [0.5, 0.6) is 0 Å². The van der Waals surface area contributed by atoms with E-state index in [1.807, 2.05) is 38.4 Å². The van der Waals surface area contributed by atoms with Crippen LogP contribution in [0, 0.1) is 5.82 Å². The van der Waals surface area contributed by atoms with Crippen LogP contribution in [-0.2, 0) is 19.6 Å². The Morgan fingerprint density at radius 2 is 1.90 bits per heavy atom. The van der Waals surface area contributed by atoms with Crippen molar-refractivity contribution in [2.24, 2.45) is 0 Å². The van der Waals surface area contributed by atoms with Crippen LogP contribution in [-0.4, -0.2) is 19.0 Å². The average molecular weight is 351 g/mol. The summed E-state index contributed by atoms with van der Waals surface area (Å²) in [4.78, 5) is 2.11. The lowest BCUT2D eigenvalue weighted by atomic mass is 10.1. The van der Waals surface area contributed by atoms with Crippen molar-refractivity contribution >= 4 is 15.9 Å². The third kappa shape index (κ3) is 4.92.